The highest BCUT2D eigenvalue weighted by molar-refractivity contribution is 5.99. The van der Waals surface area contributed by atoms with Crippen LogP contribution in [0.2, 0.25) is 0 Å². The first-order valence-electron chi connectivity index (χ1n) is 7.95. The lowest BCUT2D eigenvalue weighted by atomic mass is 10.1. The highest BCUT2D eigenvalue weighted by Gasteiger charge is 2.30. The van der Waals surface area contributed by atoms with Gasteiger partial charge >= 0.3 is 0 Å². The maximum absolute atomic E-state index is 12.0. The number of nitrogens with zero attached hydrogens (tertiary/aromatic N) is 3. The van der Waals surface area contributed by atoms with Crippen molar-refractivity contribution in [2.45, 2.75) is 52.1 Å². The fourth-order valence-electron chi connectivity index (χ4n) is 2.78. The molecule has 1 aliphatic rings. The molecule has 112 valence electrons. The third-order valence-electron chi connectivity index (χ3n) is 4.31. The molecule has 2 heterocycles. The van der Waals surface area contributed by atoms with E-state index in [2.05, 4.69) is 40.5 Å². The van der Waals surface area contributed by atoms with E-state index in [1.165, 1.54) is 0 Å². The number of carbonyl (C=O) groups is 1. The zero-order chi connectivity index (χ0) is 14.8. The monoisotopic (exact) mass is 285 g/mol. The molecule has 3 rings (SSSR count). The van der Waals surface area contributed by atoms with Gasteiger partial charge in [-0.1, -0.05) is 13.8 Å². The molecule has 1 saturated carbocycles. The van der Waals surface area contributed by atoms with Crippen molar-refractivity contribution >= 4 is 5.78 Å². The summed E-state index contributed by atoms with van der Waals surface area (Å²) in [5, 5.41) is 4.66. The van der Waals surface area contributed by atoms with Crippen LogP contribution in [-0.2, 0) is 6.54 Å². The average molecular weight is 285 g/mol. The van der Waals surface area contributed by atoms with Crippen LogP contribution in [0.4, 0.5) is 0 Å². The molecule has 2 aromatic heterocycles. The number of carbonyl (C=O) groups excluding carboxylic acids is 1. The minimum atomic E-state index is 0.287. The molecule has 0 aliphatic heterocycles. The third kappa shape index (κ3) is 3.09. The predicted octanol–water partition coefficient (Wildman–Crippen LogP) is 3.69. The highest BCUT2D eigenvalue weighted by atomic mass is 16.1. The molecular weight excluding hydrogens is 262 g/mol. The molecule has 21 heavy (non-hydrogen) atoms. The molecule has 1 fully saturated rings. The fraction of sp³-hybridized carbons (Fsp3) is 0.529. The van der Waals surface area contributed by atoms with Crippen LogP contribution in [0.5, 0.6) is 0 Å². The summed E-state index contributed by atoms with van der Waals surface area (Å²) in [4.78, 5) is 12.0. The summed E-state index contributed by atoms with van der Waals surface area (Å²) in [7, 11) is 0. The van der Waals surface area contributed by atoms with Crippen molar-refractivity contribution in [1.29, 1.82) is 0 Å². The maximum atomic E-state index is 12.0. The molecule has 0 amide bonds. The molecule has 1 aliphatic carbocycles. The van der Waals surface area contributed by atoms with Gasteiger partial charge in [0, 0.05) is 30.1 Å². The summed E-state index contributed by atoms with van der Waals surface area (Å²) in [6.45, 7) is 5.11. The van der Waals surface area contributed by atoms with Gasteiger partial charge < -0.3 is 4.57 Å². The largest absolute Gasteiger partial charge is 0.348 e. The van der Waals surface area contributed by atoms with E-state index in [0.29, 0.717) is 11.8 Å². The number of hydrogen-bond donors (Lipinski definition) is 0. The minimum Gasteiger partial charge on any atom is -0.348 e. The van der Waals surface area contributed by atoms with E-state index in [9.17, 15) is 4.79 Å². The summed E-state index contributed by atoms with van der Waals surface area (Å²) >= 11 is 0. The Kier molecular flexibility index (Phi) is 3.95. The fourth-order valence-corrected chi connectivity index (χ4v) is 2.78. The SMILES string of the molecule is CCC(CC)n1ccc(Cn2ccc(C(=O)C3CC3)c2)n1. The van der Waals surface area contributed by atoms with Crippen molar-refractivity contribution < 1.29 is 4.79 Å². The lowest BCUT2D eigenvalue weighted by molar-refractivity contribution is 0.0967. The van der Waals surface area contributed by atoms with Crippen LogP contribution in [0, 0.1) is 5.92 Å². The zero-order valence-electron chi connectivity index (χ0n) is 12.8. The summed E-state index contributed by atoms with van der Waals surface area (Å²) in [5.74, 6) is 0.589. The van der Waals surface area contributed by atoms with E-state index in [1.807, 2.05) is 18.5 Å². The van der Waals surface area contributed by atoms with Crippen molar-refractivity contribution in [2.24, 2.45) is 5.92 Å². The Balaban J connectivity index is 1.67. The van der Waals surface area contributed by atoms with Crippen molar-refractivity contribution in [1.82, 2.24) is 14.3 Å². The lowest BCUT2D eigenvalue weighted by Crippen LogP contribution is -2.08. The van der Waals surface area contributed by atoms with Crippen LogP contribution < -0.4 is 0 Å². The first-order valence-corrected chi connectivity index (χ1v) is 7.95. The van der Waals surface area contributed by atoms with Crippen LogP contribution in [0.15, 0.2) is 30.7 Å². The lowest BCUT2D eigenvalue weighted by Gasteiger charge is -2.12. The zero-order valence-corrected chi connectivity index (χ0v) is 12.8. The van der Waals surface area contributed by atoms with Gasteiger partial charge in [-0.25, -0.2) is 0 Å². The van der Waals surface area contributed by atoms with Gasteiger partial charge in [-0.3, -0.25) is 9.48 Å². The standard InChI is InChI=1S/C17H23N3O/c1-3-16(4-2)20-10-8-15(18-20)12-19-9-7-14(11-19)17(21)13-5-6-13/h7-11,13,16H,3-6,12H2,1-2H3. The highest BCUT2D eigenvalue weighted by Crippen LogP contribution is 2.32. The van der Waals surface area contributed by atoms with Gasteiger partial charge in [0.15, 0.2) is 5.78 Å². The Hall–Kier alpha value is -1.84. The molecule has 0 unspecified atom stereocenters. The molecule has 0 atom stereocenters. The van der Waals surface area contributed by atoms with Gasteiger partial charge in [0.25, 0.3) is 0 Å². The van der Waals surface area contributed by atoms with E-state index >= 15 is 0 Å². The number of ketones is 1. The van der Waals surface area contributed by atoms with E-state index in [1.54, 1.807) is 0 Å². The van der Waals surface area contributed by atoms with Crippen molar-refractivity contribution in [3.63, 3.8) is 0 Å². The normalized spacial score (nSPS) is 14.8. The third-order valence-corrected chi connectivity index (χ3v) is 4.31. The summed E-state index contributed by atoms with van der Waals surface area (Å²) in [5.41, 5.74) is 1.89. The quantitative estimate of drug-likeness (QED) is 0.728. The number of hydrogen-bond acceptors (Lipinski definition) is 2. The molecule has 4 nitrogen and oxygen atoms in total. The maximum Gasteiger partial charge on any atom is 0.167 e. The first kappa shape index (κ1) is 14.1. The summed E-state index contributed by atoms with van der Waals surface area (Å²) in [6, 6.07) is 4.48. The Morgan fingerprint density at radius 3 is 2.71 bits per heavy atom. The second-order valence-electron chi connectivity index (χ2n) is 5.97. The summed E-state index contributed by atoms with van der Waals surface area (Å²) < 4.78 is 4.12. The van der Waals surface area contributed by atoms with Gasteiger partial charge in [0.05, 0.1) is 18.3 Å². The van der Waals surface area contributed by atoms with E-state index in [-0.39, 0.29) is 5.92 Å². The van der Waals surface area contributed by atoms with Gasteiger partial charge in [-0.2, -0.15) is 5.10 Å². The molecule has 0 radical (unpaired) electrons. The van der Waals surface area contributed by atoms with E-state index < -0.39 is 0 Å². The topological polar surface area (TPSA) is 39.8 Å². The Bertz CT molecular complexity index is 618. The van der Waals surface area contributed by atoms with Gasteiger partial charge in [0.1, 0.15) is 0 Å². The van der Waals surface area contributed by atoms with Crippen LogP contribution in [0.1, 0.15) is 61.6 Å². The van der Waals surface area contributed by atoms with E-state index in [0.717, 1.165) is 43.5 Å². The number of Topliss-reactive ketones (excluding diaryl/α,β-unsaturated/α-hetero) is 1. The number of rotatable bonds is 7. The average Bonchev–Trinajstić information content (AvgIpc) is 3.08. The van der Waals surface area contributed by atoms with Crippen LogP contribution in [-0.4, -0.2) is 20.1 Å². The predicted molar refractivity (Wildman–Crippen MR) is 82.4 cm³/mol. The minimum absolute atomic E-state index is 0.287. The van der Waals surface area contributed by atoms with Crippen molar-refractivity contribution in [3.05, 3.63) is 42.0 Å². The van der Waals surface area contributed by atoms with Gasteiger partial charge in [-0.05, 0) is 37.8 Å². The molecular formula is C17H23N3O. The number of aromatic nitrogens is 3. The molecule has 0 N–H and O–H groups in total. The van der Waals surface area contributed by atoms with Crippen LogP contribution >= 0.6 is 0 Å². The van der Waals surface area contributed by atoms with Crippen molar-refractivity contribution in [2.75, 3.05) is 0 Å². The van der Waals surface area contributed by atoms with Crippen LogP contribution in [0.3, 0.4) is 0 Å². The molecule has 0 saturated heterocycles. The molecule has 0 aromatic carbocycles. The Morgan fingerprint density at radius 2 is 2.05 bits per heavy atom. The molecule has 0 spiro atoms. The molecule has 2 aromatic rings. The molecule has 0 bridgehead atoms. The van der Waals surface area contributed by atoms with Gasteiger partial charge in [0.2, 0.25) is 0 Å². The second kappa shape index (κ2) is 5.88. The smallest absolute Gasteiger partial charge is 0.167 e. The van der Waals surface area contributed by atoms with Gasteiger partial charge in [-0.15, -0.1) is 0 Å². The first-order chi connectivity index (χ1) is 10.2. The van der Waals surface area contributed by atoms with Crippen molar-refractivity contribution in [3.8, 4) is 0 Å². The molecule has 4 heteroatoms. The Morgan fingerprint density at radius 1 is 1.29 bits per heavy atom. The second-order valence-corrected chi connectivity index (χ2v) is 5.97. The summed E-state index contributed by atoms with van der Waals surface area (Å²) in [6.07, 6.45) is 10.3. The van der Waals surface area contributed by atoms with E-state index in [4.69, 9.17) is 0 Å². The Labute approximate surface area is 125 Å². The van der Waals surface area contributed by atoms with Crippen LogP contribution in [0.25, 0.3) is 0 Å².